The first-order chi connectivity index (χ1) is 12.4. The number of ether oxygens (including phenoxy) is 2. The Hall–Kier alpha value is -2.74. The van der Waals surface area contributed by atoms with Gasteiger partial charge in [-0.05, 0) is 24.6 Å². The molecule has 0 unspecified atom stereocenters. The molecule has 8 heteroatoms. The molecule has 26 heavy (non-hydrogen) atoms. The molecule has 0 saturated carbocycles. The molecule has 0 aliphatic rings. The average molecular weight is 376 g/mol. The summed E-state index contributed by atoms with van der Waals surface area (Å²) < 4.78 is 10.4. The fourth-order valence-corrected chi connectivity index (χ4v) is 3.11. The molecule has 2 aromatic carbocycles. The highest BCUT2D eigenvalue weighted by atomic mass is 32.2. The molecule has 0 saturated heterocycles. The van der Waals surface area contributed by atoms with E-state index < -0.39 is 4.92 Å². The molecule has 0 aliphatic heterocycles. The van der Waals surface area contributed by atoms with Crippen LogP contribution in [0.3, 0.4) is 0 Å². The zero-order chi connectivity index (χ0) is 19.1. The average Bonchev–Trinajstić information content (AvgIpc) is 2.66. The fourth-order valence-electron chi connectivity index (χ4n) is 2.30. The SMILES string of the molecule is COc1ccc(NC(=O)CS[C@H](C)c2cccc([N+](=O)[O-])c2)cc1OC. The highest BCUT2D eigenvalue weighted by molar-refractivity contribution is 8.00. The van der Waals surface area contributed by atoms with Crippen LogP contribution >= 0.6 is 11.8 Å². The number of nitro groups is 1. The van der Waals surface area contributed by atoms with Gasteiger partial charge >= 0.3 is 0 Å². The first kappa shape index (κ1) is 19.6. The molecule has 0 bridgehead atoms. The van der Waals surface area contributed by atoms with Gasteiger partial charge in [0.15, 0.2) is 11.5 Å². The van der Waals surface area contributed by atoms with Crippen LogP contribution in [0.5, 0.6) is 11.5 Å². The quantitative estimate of drug-likeness (QED) is 0.552. The lowest BCUT2D eigenvalue weighted by Gasteiger charge is -2.13. The number of nitrogens with zero attached hydrogens (tertiary/aromatic N) is 1. The molecular formula is C18H20N2O5S. The zero-order valence-electron chi connectivity index (χ0n) is 14.7. The van der Waals surface area contributed by atoms with Gasteiger partial charge in [0.25, 0.3) is 5.69 Å². The van der Waals surface area contributed by atoms with Crippen molar-refractivity contribution in [1.82, 2.24) is 0 Å². The topological polar surface area (TPSA) is 90.7 Å². The van der Waals surface area contributed by atoms with Crippen molar-refractivity contribution in [3.8, 4) is 11.5 Å². The number of hydrogen-bond donors (Lipinski definition) is 1. The molecule has 138 valence electrons. The van der Waals surface area contributed by atoms with E-state index in [4.69, 9.17) is 9.47 Å². The van der Waals surface area contributed by atoms with E-state index in [1.807, 2.05) is 13.0 Å². The number of methoxy groups -OCH3 is 2. The largest absolute Gasteiger partial charge is 0.493 e. The van der Waals surface area contributed by atoms with E-state index in [-0.39, 0.29) is 22.6 Å². The molecule has 0 heterocycles. The van der Waals surface area contributed by atoms with Crippen molar-refractivity contribution in [2.45, 2.75) is 12.2 Å². The second-order valence-corrected chi connectivity index (χ2v) is 6.75. The maximum absolute atomic E-state index is 12.2. The zero-order valence-corrected chi connectivity index (χ0v) is 15.5. The summed E-state index contributed by atoms with van der Waals surface area (Å²) in [6, 6.07) is 11.6. The molecule has 7 nitrogen and oxygen atoms in total. The van der Waals surface area contributed by atoms with Crippen LogP contribution in [0.1, 0.15) is 17.7 Å². The molecule has 1 atom stereocenters. The van der Waals surface area contributed by atoms with Gasteiger partial charge in [-0.3, -0.25) is 14.9 Å². The summed E-state index contributed by atoms with van der Waals surface area (Å²) in [6.07, 6.45) is 0. The van der Waals surface area contributed by atoms with Gasteiger partial charge in [-0.25, -0.2) is 0 Å². The van der Waals surface area contributed by atoms with Gasteiger partial charge < -0.3 is 14.8 Å². The molecule has 0 radical (unpaired) electrons. The number of rotatable bonds is 8. The molecule has 0 fully saturated rings. The summed E-state index contributed by atoms with van der Waals surface area (Å²) >= 11 is 1.40. The van der Waals surface area contributed by atoms with Crippen LogP contribution in [-0.2, 0) is 4.79 Å². The minimum Gasteiger partial charge on any atom is -0.493 e. The lowest BCUT2D eigenvalue weighted by molar-refractivity contribution is -0.384. The van der Waals surface area contributed by atoms with Crippen molar-refractivity contribution >= 4 is 29.0 Å². The van der Waals surface area contributed by atoms with E-state index in [1.165, 1.54) is 31.0 Å². The summed E-state index contributed by atoms with van der Waals surface area (Å²) in [6.45, 7) is 1.91. The van der Waals surface area contributed by atoms with Crippen LogP contribution in [0, 0.1) is 10.1 Å². The van der Waals surface area contributed by atoms with E-state index >= 15 is 0 Å². The van der Waals surface area contributed by atoms with Crippen LogP contribution in [0.15, 0.2) is 42.5 Å². The van der Waals surface area contributed by atoms with Crippen molar-refractivity contribution in [2.75, 3.05) is 25.3 Å². The summed E-state index contributed by atoms with van der Waals surface area (Å²) in [4.78, 5) is 22.6. The first-order valence-corrected chi connectivity index (χ1v) is 8.87. The maximum Gasteiger partial charge on any atom is 0.269 e. The Balaban J connectivity index is 1.94. The molecule has 0 aliphatic carbocycles. The number of amides is 1. The smallest absolute Gasteiger partial charge is 0.269 e. The molecule has 2 aromatic rings. The summed E-state index contributed by atoms with van der Waals surface area (Å²) in [5.74, 6) is 1.17. The van der Waals surface area contributed by atoms with Crippen LogP contribution in [-0.4, -0.2) is 30.8 Å². The van der Waals surface area contributed by atoms with Gasteiger partial charge in [0.2, 0.25) is 5.91 Å². The van der Waals surface area contributed by atoms with Gasteiger partial charge in [-0.1, -0.05) is 12.1 Å². The molecule has 0 spiro atoms. The fraction of sp³-hybridized carbons (Fsp3) is 0.278. The Morgan fingerprint density at radius 2 is 1.92 bits per heavy atom. The standard InChI is InChI=1S/C18H20N2O5S/c1-12(13-5-4-6-15(9-13)20(22)23)26-11-18(21)19-14-7-8-16(24-2)17(10-14)25-3/h4-10,12H,11H2,1-3H3,(H,19,21)/t12-/m1/s1. The predicted molar refractivity (Wildman–Crippen MR) is 102 cm³/mol. The van der Waals surface area contributed by atoms with Gasteiger partial charge in [-0.15, -0.1) is 11.8 Å². The van der Waals surface area contributed by atoms with Gasteiger partial charge in [0, 0.05) is 29.1 Å². The minimum absolute atomic E-state index is 0.0460. The van der Waals surface area contributed by atoms with Crippen molar-refractivity contribution in [2.24, 2.45) is 0 Å². The normalized spacial score (nSPS) is 11.5. The molecule has 2 rings (SSSR count). The maximum atomic E-state index is 12.2. The number of nitrogens with one attached hydrogen (secondary N) is 1. The van der Waals surface area contributed by atoms with Gasteiger partial charge in [0.1, 0.15) is 0 Å². The van der Waals surface area contributed by atoms with Crippen molar-refractivity contribution < 1.29 is 19.2 Å². The Labute approximate surface area is 155 Å². The van der Waals surface area contributed by atoms with E-state index in [0.29, 0.717) is 17.2 Å². The lowest BCUT2D eigenvalue weighted by atomic mass is 10.1. The summed E-state index contributed by atoms with van der Waals surface area (Å²) in [5, 5.41) is 13.6. The number of thioether (sulfide) groups is 1. The third-order valence-corrected chi connectivity index (χ3v) is 4.88. The van der Waals surface area contributed by atoms with E-state index in [2.05, 4.69) is 5.32 Å². The van der Waals surface area contributed by atoms with Crippen LogP contribution in [0.2, 0.25) is 0 Å². The monoisotopic (exact) mass is 376 g/mol. The highest BCUT2D eigenvalue weighted by Crippen LogP contribution is 2.31. The van der Waals surface area contributed by atoms with Crippen molar-refractivity contribution in [3.05, 3.63) is 58.1 Å². The molecular weight excluding hydrogens is 356 g/mol. The van der Waals surface area contributed by atoms with Crippen LogP contribution in [0.25, 0.3) is 0 Å². The third-order valence-electron chi connectivity index (χ3n) is 3.68. The van der Waals surface area contributed by atoms with Crippen molar-refractivity contribution in [1.29, 1.82) is 0 Å². The van der Waals surface area contributed by atoms with Gasteiger partial charge in [0.05, 0.1) is 24.9 Å². The minimum atomic E-state index is -0.426. The lowest BCUT2D eigenvalue weighted by Crippen LogP contribution is -2.14. The highest BCUT2D eigenvalue weighted by Gasteiger charge is 2.14. The third kappa shape index (κ3) is 5.13. The number of carbonyl (C=O) groups is 1. The summed E-state index contributed by atoms with van der Waals surface area (Å²) in [5.41, 5.74) is 1.46. The Bertz CT molecular complexity index is 797. The summed E-state index contributed by atoms with van der Waals surface area (Å²) in [7, 11) is 3.07. The Morgan fingerprint density at radius 3 is 2.58 bits per heavy atom. The van der Waals surface area contributed by atoms with E-state index in [9.17, 15) is 14.9 Å². The van der Waals surface area contributed by atoms with E-state index in [1.54, 1.807) is 31.4 Å². The Kier molecular flexibility index (Phi) is 6.85. The van der Waals surface area contributed by atoms with E-state index in [0.717, 1.165) is 5.56 Å². The number of carbonyl (C=O) groups excluding carboxylic acids is 1. The second kappa shape index (κ2) is 9.10. The second-order valence-electron chi connectivity index (χ2n) is 5.42. The number of anilines is 1. The Morgan fingerprint density at radius 1 is 1.19 bits per heavy atom. The molecule has 1 amide bonds. The number of hydrogen-bond acceptors (Lipinski definition) is 6. The first-order valence-electron chi connectivity index (χ1n) is 7.82. The predicted octanol–water partition coefficient (Wildman–Crippen LogP) is 4.04. The number of nitro benzene ring substituents is 1. The molecule has 0 aromatic heterocycles. The number of benzene rings is 2. The van der Waals surface area contributed by atoms with Crippen LogP contribution in [0.4, 0.5) is 11.4 Å². The van der Waals surface area contributed by atoms with Crippen molar-refractivity contribution in [3.63, 3.8) is 0 Å². The van der Waals surface area contributed by atoms with Crippen LogP contribution < -0.4 is 14.8 Å². The number of non-ortho nitro benzene ring substituents is 1. The molecule has 1 N–H and O–H groups in total. The van der Waals surface area contributed by atoms with Gasteiger partial charge in [-0.2, -0.15) is 0 Å².